The molecule has 2 aromatic carbocycles. The number of hydrogen-bond donors (Lipinski definition) is 2. The zero-order valence-electron chi connectivity index (χ0n) is 19.5. The highest BCUT2D eigenvalue weighted by Gasteiger charge is 2.62. The van der Waals surface area contributed by atoms with Gasteiger partial charge in [-0.3, -0.25) is 10.1 Å². The Morgan fingerprint density at radius 1 is 1.26 bits per heavy atom. The zero-order valence-corrected chi connectivity index (χ0v) is 21.0. The van der Waals surface area contributed by atoms with E-state index >= 15 is 8.78 Å². The SMILES string of the molecule is CCC(CC(C)(C)C)[C@@H]1N[C@@H](C(=O)O)[C@H](c2cccc(Cl)c2F)[C@@]1(C#N)c1ccc(Cl)cc1F. The zero-order chi connectivity index (χ0) is 25.4. The Bertz CT molecular complexity index is 1130. The Kier molecular flexibility index (Phi) is 7.62. The van der Waals surface area contributed by atoms with Crippen LogP contribution in [0.4, 0.5) is 8.78 Å². The quantitative estimate of drug-likeness (QED) is 0.454. The Balaban J connectivity index is 2.39. The molecule has 0 radical (unpaired) electrons. The van der Waals surface area contributed by atoms with E-state index in [1.807, 2.05) is 27.7 Å². The normalized spacial score (nSPS) is 25.7. The van der Waals surface area contributed by atoms with Crippen molar-refractivity contribution in [1.29, 1.82) is 5.26 Å². The second-order valence-corrected chi connectivity index (χ2v) is 11.0. The van der Waals surface area contributed by atoms with E-state index in [-0.39, 0.29) is 32.5 Å². The van der Waals surface area contributed by atoms with Gasteiger partial charge in [-0.2, -0.15) is 5.26 Å². The van der Waals surface area contributed by atoms with Gasteiger partial charge >= 0.3 is 5.97 Å². The molecule has 0 aromatic heterocycles. The summed E-state index contributed by atoms with van der Waals surface area (Å²) in [6.07, 6.45) is 1.24. The molecule has 1 heterocycles. The molecule has 1 saturated heterocycles. The van der Waals surface area contributed by atoms with Crippen LogP contribution in [0.2, 0.25) is 10.0 Å². The molecule has 2 N–H and O–H groups in total. The summed E-state index contributed by atoms with van der Waals surface area (Å²) in [6.45, 7) is 8.08. The van der Waals surface area contributed by atoms with Crippen molar-refractivity contribution in [3.8, 4) is 6.07 Å². The summed E-state index contributed by atoms with van der Waals surface area (Å²) in [7, 11) is 0. The lowest BCUT2D eigenvalue weighted by Crippen LogP contribution is -2.48. The van der Waals surface area contributed by atoms with Crippen molar-refractivity contribution < 1.29 is 18.7 Å². The smallest absolute Gasteiger partial charge is 0.321 e. The molecule has 0 aliphatic carbocycles. The lowest BCUT2D eigenvalue weighted by Gasteiger charge is -2.40. The Morgan fingerprint density at radius 3 is 2.47 bits per heavy atom. The van der Waals surface area contributed by atoms with E-state index in [2.05, 4.69) is 11.4 Å². The number of carbonyl (C=O) groups is 1. The third-order valence-corrected chi connectivity index (χ3v) is 7.22. The van der Waals surface area contributed by atoms with Crippen LogP contribution in [0.1, 0.15) is 57.6 Å². The molecule has 1 unspecified atom stereocenters. The minimum atomic E-state index is -1.74. The highest BCUT2D eigenvalue weighted by Crippen LogP contribution is 2.53. The number of nitriles is 1. The van der Waals surface area contributed by atoms with Crippen molar-refractivity contribution in [1.82, 2.24) is 5.32 Å². The number of benzene rings is 2. The topological polar surface area (TPSA) is 73.1 Å². The number of carboxylic acids is 1. The van der Waals surface area contributed by atoms with Crippen LogP contribution in [-0.2, 0) is 10.2 Å². The average molecular weight is 509 g/mol. The van der Waals surface area contributed by atoms with Crippen molar-refractivity contribution in [3.05, 3.63) is 69.2 Å². The fourth-order valence-corrected chi connectivity index (χ4v) is 5.77. The number of nitrogens with zero attached hydrogens (tertiary/aromatic N) is 1. The third-order valence-electron chi connectivity index (χ3n) is 6.69. The highest BCUT2D eigenvalue weighted by atomic mass is 35.5. The van der Waals surface area contributed by atoms with Gasteiger partial charge in [0.05, 0.1) is 11.1 Å². The maximum absolute atomic E-state index is 15.5. The van der Waals surface area contributed by atoms with Crippen molar-refractivity contribution >= 4 is 29.2 Å². The minimum Gasteiger partial charge on any atom is -0.480 e. The number of carboxylic acid groups (broad SMARTS) is 1. The van der Waals surface area contributed by atoms with E-state index < -0.39 is 41.0 Å². The molecule has 34 heavy (non-hydrogen) atoms. The van der Waals surface area contributed by atoms with Crippen LogP contribution in [0, 0.1) is 34.3 Å². The van der Waals surface area contributed by atoms with Crippen LogP contribution in [-0.4, -0.2) is 23.2 Å². The molecule has 3 rings (SSSR count). The molecule has 0 amide bonds. The molecule has 0 saturated carbocycles. The van der Waals surface area contributed by atoms with Crippen LogP contribution >= 0.6 is 23.2 Å². The van der Waals surface area contributed by atoms with Crippen LogP contribution in [0.15, 0.2) is 36.4 Å². The summed E-state index contributed by atoms with van der Waals surface area (Å²) in [4.78, 5) is 12.5. The molecular weight excluding hydrogens is 481 g/mol. The summed E-state index contributed by atoms with van der Waals surface area (Å²) in [5.74, 6) is -4.27. The average Bonchev–Trinajstić information content (AvgIpc) is 3.09. The van der Waals surface area contributed by atoms with Gasteiger partial charge in [0.15, 0.2) is 0 Å². The van der Waals surface area contributed by atoms with E-state index in [1.165, 1.54) is 30.3 Å². The molecule has 1 aliphatic heterocycles. The van der Waals surface area contributed by atoms with Crippen LogP contribution in [0.5, 0.6) is 0 Å². The minimum absolute atomic E-state index is 0.0163. The Morgan fingerprint density at radius 2 is 1.94 bits per heavy atom. The number of halogens is 4. The molecule has 0 bridgehead atoms. The van der Waals surface area contributed by atoms with Gasteiger partial charge < -0.3 is 5.11 Å². The van der Waals surface area contributed by atoms with E-state index in [0.717, 1.165) is 6.07 Å². The first kappa shape index (κ1) is 26.4. The molecule has 182 valence electrons. The molecular formula is C26H28Cl2F2N2O2. The molecule has 5 atom stereocenters. The van der Waals surface area contributed by atoms with Gasteiger partial charge in [-0.05, 0) is 41.5 Å². The van der Waals surface area contributed by atoms with Crippen molar-refractivity contribution in [2.24, 2.45) is 11.3 Å². The summed E-state index contributed by atoms with van der Waals surface area (Å²) in [6, 6.07) is 8.36. The third kappa shape index (κ3) is 4.66. The molecule has 0 spiro atoms. The van der Waals surface area contributed by atoms with Gasteiger partial charge in [0, 0.05) is 22.5 Å². The number of hydrogen-bond acceptors (Lipinski definition) is 3. The van der Waals surface area contributed by atoms with Gasteiger partial charge in [0.1, 0.15) is 23.1 Å². The Hall–Kier alpha value is -2.20. The van der Waals surface area contributed by atoms with E-state index in [1.54, 1.807) is 0 Å². The number of rotatable bonds is 6. The molecule has 4 nitrogen and oxygen atoms in total. The predicted molar refractivity (Wildman–Crippen MR) is 129 cm³/mol. The first-order valence-electron chi connectivity index (χ1n) is 11.2. The molecule has 1 fully saturated rings. The van der Waals surface area contributed by atoms with Gasteiger partial charge in [-0.15, -0.1) is 0 Å². The van der Waals surface area contributed by atoms with Crippen LogP contribution in [0.25, 0.3) is 0 Å². The molecule has 2 aromatic rings. The second-order valence-electron chi connectivity index (χ2n) is 10.1. The maximum atomic E-state index is 15.5. The van der Waals surface area contributed by atoms with Crippen LogP contribution < -0.4 is 5.32 Å². The largest absolute Gasteiger partial charge is 0.480 e. The fraction of sp³-hybridized carbons (Fsp3) is 0.462. The summed E-state index contributed by atoms with van der Waals surface area (Å²) in [5.41, 5.74) is -1.95. The van der Waals surface area contributed by atoms with Crippen molar-refractivity contribution in [2.75, 3.05) is 0 Å². The number of nitrogens with one attached hydrogen (secondary N) is 1. The standard InChI is InChI=1S/C26H28Cl2F2N2O2/c1-5-14(12-25(2,3)4)23-26(13-31,17-10-9-15(27)11-19(17)29)20(22(32-23)24(33)34)16-7-6-8-18(28)21(16)30/h6-11,14,20,22-23,32H,5,12H2,1-4H3,(H,33,34)/t14?,20-,22+,23-,26+/m0/s1. The van der Waals surface area contributed by atoms with Crippen LogP contribution in [0.3, 0.4) is 0 Å². The monoisotopic (exact) mass is 508 g/mol. The van der Waals surface area contributed by atoms with E-state index in [0.29, 0.717) is 12.8 Å². The van der Waals surface area contributed by atoms with Gasteiger partial charge in [0.25, 0.3) is 0 Å². The second kappa shape index (κ2) is 9.81. The predicted octanol–water partition coefficient (Wildman–Crippen LogP) is 6.70. The van der Waals surface area contributed by atoms with Crippen molar-refractivity contribution in [2.45, 2.75) is 64.0 Å². The van der Waals surface area contributed by atoms with E-state index in [4.69, 9.17) is 23.2 Å². The Labute approximate surface area is 208 Å². The van der Waals surface area contributed by atoms with Gasteiger partial charge in [0.2, 0.25) is 0 Å². The van der Waals surface area contributed by atoms with E-state index in [9.17, 15) is 15.2 Å². The fourth-order valence-electron chi connectivity index (χ4n) is 5.43. The highest BCUT2D eigenvalue weighted by molar-refractivity contribution is 6.31. The number of aliphatic carboxylic acids is 1. The first-order valence-corrected chi connectivity index (χ1v) is 11.9. The summed E-state index contributed by atoms with van der Waals surface area (Å²) in [5, 5.41) is 23.9. The molecule has 8 heteroatoms. The lowest BCUT2D eigenvalue weighted by atomic mass is 9.61. The van der Waals surface area contributed by atoms with Gasteiger partial charge in [-0.25, -0.2) is 8.78 Å². The van der Waals surface area contributed by atoms with Crippen molar-refractivity contribution in [3.63, 3.8) is 0 Å². The maximum Gasteiger partial charge on any atom is 0.321 e. The van der Waals surface area contributed by atoms with Gasteiger partial charge in [-0.1, -0.05) is 75.5 Å². The summed E-state index contributed by atoms with van der Waals surface area (Å²) >= 11 is 12.0. The molecule has 1 aliphatic rings. The lowest BCUT2D eigenvalue weighted by molar-refractivity contribution is -0.139. The summed E-state index contributed by atoms with van der Waals surface area (Å²) < 4.78 is 30.8. The first-order chi connectivity index (χ1) is 15.9.